The van der Waals surface area contributed by atoms with Gasteiger partial charge in [-0.25, -0.2) is 4.79 Å². The molecular weight excluding hydrogens is 345 g/mol. The quantitative estimate of drug-likeness (QED) is 0.766. The Morgan fingerprint density at radius 3 is 2.64 bits per heavy atom. The van der Waals surface area contributed by atoms with E-state index in [0.29, 0.717) is 22.3 Å². The predicted octanol–water partition coefficient (Wildman–Crippen LogP) is 3.49. The third-order valence-electron chi connectivity index (χ3n) is 2.63. The highest BCUT2D eigenvalue weighted by atomic mass is 35.5. The molecule has 0 atom stereocenters. The molecular formula is C14H13Cl2N3O2S. The Bertz CT molecular complexity index is 662. The first kappa shape index (κ1) is 16.6. The Labute approximate surface area is 141 Å². The van der Waals surface area contributed by atoms with Gasteiger partial charge in [-0.2, -0.15) is 0 Å². The lowest BCUT2D eigenvalue weighted by Crippen LogP contribution is -2.41. The van der Waals surface area contributed by atoms with Gasteiger partial charge in [-0.1, -0.05) is 29.3 Å². The minimum Gasteiger partial charge on any atom is -0.376 e. The predicted molar refractivity (Wildman–Crippen MR) is 89.6 cm³/mol. The number of imide groups is 1. The molecule has 2 rings (SSSR count). The Kier molecular flexibility index (Phi) is 6.06. The molecule has 0 fully saturated rings. The molecule has 1 aromatic carbocycles. The van der Waals surface area contributed by atoms with Gasteiger partial charge >= 0.3 is 6.03 Å². The van der Waals surface area contributed by atoms with Crippen molar-refractivity contribution in [1.82, 2.24) is 10.6 Å². The molecule has 0 saturated heterocycles. The van der Waals surface area contributed by atoms with Crippen molar-refractivity contribution < 1.29 is 9.59 Å². The van der Waals surface area contributed by atoms with Crippen LogP contribution in [0.5, 0.6) is 0 Å². The van der Waals surface area contributed by atoms with Crippen molar-refractivity contribution in [2.24, 2.45) is 0 Å². The summed E-state index contributed by atoms with van der Waals surface area (Å²) in [5, 5.41) is 10.4. The average Bonchev–Trinajstić information content (AvgIpc) is 3.00. The number of thiophene rings is 1. The van der Waals surface area contributed by atoms with E-state index in [2.05, 4.69) is 16.0 Å². The fourth-order valence-electron chi connectivity index (χ4n) is 1.58. The zero-order chi connectivity index (χ0) is 15.9. The molecule has 0 aliphatic carbocycles. The summed E-state index contributed by atoms with van der Waals surface area (Å²) in [6, 6.07) is 8.18. The van der Waals surface area contributed by atoms with Gasteiger partial charge < -0.3 is 10.6 Å². The number of nitrogens with one attached hydrogen (secondary N) is 3. The molecule has 0 aliphatic rings. The molecule has 0 radical (unpaired) electrons. The van der Waals surface area contributed by atoms with Crippen molar-refractivity contribution in [1.29, 1.82) is 0 Å². The fourth-order valence-corrected chi connectivity index (χ4v) is 2.53. The molecule has 0 spiro atoms. The number of anilines is 1. The maximum Gasteiger partial charge on any atom is 0.321 e. The van der Waals surface area contributed by atoms with Gasteiger partial charge in [0.1, 0.15) is 0 Å². The molecule has 0 saturated carbocycles. The number of benzene rings is 1. The van der Waals surface area contributed by atoms with Crippen LogP contribution in [0.2, 0.25) is 10.0 Å². The monoisotopic (exact) mass is 357 g/mol. The van der Waals surface area contributed by atoms with E-state index in [4.69, 9.17) is 23.2 Å². The standard InChI is InChI=1S/C14H13Cl2N3O2S/c15-11-4-3-9(6-12(11)16)17-8-13(20)19-14(21)18-7-10-2-1-5-22-10/h1-6,17H,7-8H2,(H2,18,19,20,21). The number of hydrogen-bond donors (Lipinski definition) is 3. The second-order valence-electron chi connectivity index (χ2n) is 4.29. The third-order valence-corrected chi connectivity index (χ3v) is 4.24. The summed E-state index contributed by atoms with van der Waals surface area (Å²) in [4.78, 5) is 24.2. The molecule has 0 bridgehead atoms. The molecule has 1 heterocycles. The minimum absolute atomic E-state index is 0.0512. The average molecular weight is 358 g/mol. The van der Waals surface area contributed by atoms with Gasteiger partial charge in [0.05, 0.1) is 23.1 Å². The van der Waals surface area contributed by atoms with E-state index >= 15 is 0 Å². The van der Waals surface area contributed by atoms with Crippen LogP contribution in [0.4, 0.5) is 10.5 Å². The van der Waals surface area contributed by atoms with Gasteiger partial charge in [0, 0.05) is 10.6 Å². The van der Waals surface area contributed by atoms with E-state index in [1.165, 1.54) is 11.3 Å². The highest BCUT2D eigenvalue weighted by Gasteiger charge is 2.08. The van der Waals surface area contributed by atoms with Gasteiger partial charge in [-0.15, -0.1) is 11.3 Å². The molecule has 3 N–H and O–H groups in total. The third kappa shape index (κ3) is 5.22. The Morgan fingerprint density at radius 2 is 1.95 bits per heavy atom. The Morgan fingerprint density at radius 1 is 1.14 bits per heavy atom. The van der Waals surface area contributed by atoms with Crippen LogP contribution in [-0.4, -0.2) is 18.5 Å². The van der Waals surface area contributed by atoms with Crippen LogP contribution < -0.4 is 16.0 Å². The van der Waals surface area contributed by atoms with Crippen molar-refractivity contribution in [3.8, 4) is 0 Å². The minimum atomic E-state index is -0.533. The van der Waals surface area contributed by atoms with Gasteiger partial charge in [0.25, 0.3) is 0 Å². The lowest BCUT2D eigenvalue weighted by molar-refractivity contribution is -0.118. The zero-order valence-electron chi connectivity index (χ0n) is 11.4. The molecule has 22 heavy (non-hydrogen) atoms. The first-order valence-corrected chi connectivity index (χ1v) is 7.97. The van der Waals surface area contributed by atoms with Crippen LogP contribution in [0.1, 0.15) is 4.88 Å². The Balaban J connectivity index is 1.72. The summed E-state index contributed by atoms with van der Waals surface area (Å²) in [6.07, 6.45) is 0. The van der Waals surface area contributed by atoms with E-state index in [9.17, 15) is 9.59 Å². The Hall–Kier alpha value is -1.76. The topological polar surface area (TPSA) is 70.2 Å². The fraction of sp³-hybridized carbons (Fsp3) is 0.143. The maximum atomic E-state index is 11.6. The number of rotatable bonds is 5. The molecule has 8 heteroatoms. The molecule has 0 unspecified atom stereocenters. The highest BCUT2D eigenvalue weighted by molar-refractivity contribution is 7.09. The number of urea groups is 1. The van der Waals surface area contributed by atoms with E-state index in [1.807, 2.05) is 17.5 Å². The smallest absolute Gasteiger partial charge is 0.321 e. The van der Waals surface area contributed by atoms with E-state index in [0.717, 1.165) is 4.88 Å². The summed E-state index contributed by atoms with van der Waals surface area (Å²) in [5.74, 6) is -0.449. The summed E-state index contributed by atoms with van der Waals surface area (Å²) in [5.41, 5.74) is 0.642. The summed E-state index contributed by atoms with van der Waals surface area (Å²) in [7, 11) is 0. The number of carbonyl (C=O) groups excluding carboxylic acids is 2. The van der Waals surface area contributed by atoms with Crippen molar-refractivity contribution in [3.63, 3.8) is 0 Å². The van der Waals surface area contributed by atoms with E-state index in [-0.39, 0.29) is 6.54 Å². The van der Waals surface area contributed by atoms with Crippen LogP contribution in [0.15, 0.2) is 35.7 Å². The van der Waals surface area contributed by atoms with Crippen LogP contribution in [0.25, 0.3) is 0 Å². The van der Waals surface area contributed by atoms with Crippen LogP contribution >= 0.6 is 34.5 Å². The van der Waals surface area contributed by atoms with Gasteiger partial charge in [-0.05, 0) is 29.6 Å². The summed E-state index contributed by atoms with van der Waals surface area (Å²) >= 11 is 13.2. The van der Waals surface area contributed by atoms with Crippen molar-refractivity contribution in [2.75, 3.05) is 11.9 Å². The maximum absolute atomic E-state index is 11.6. The number of hydrogen-bond acceptors (Lipinski definition) is 4. The summed E-state index contributed by atoms with van der Waals surface area (Å²) in [6.45, 7) is 0.335. The summed E-state index contributed by atoms with van der Waals surface area (Å²) < 4.78 is 0. The number of amides is 3. The molecule has 0 aliphatic heterocycles. The van der Waals surface area contributed by atoms with Gasteiger partial charge in [0.15, 0.2) is 0 Å². The van der Waals surface area contributed by atoms with Crippen LogP contribution in [0, 0.1) is 0 Å². The van der Waals surface area contributed by atoms with Gasteiger partial charge in [0.2, 0.25) is 5.91 Å². The lowest BCUT2D eigenvalue weighted by Gasteiger charge is -2.08. The lowest BCUT2D eigenvalue weighted by atomic mass is 10.3. The zero-order valence-corrected chi connectivity index (χ0v) is 13.7. The van der Waals surface area contributed by atoms with Crippen molar-refractivity contribution >= 4 is 52.2 Å². The molecule has 2 aromatic rings. The molecule has 5 nitrogen and oxygen atoms in total. The normalized spacial score (nSPS) is 10.1. The SMILES string of the molecule is O=C(CNc1ccc(Cl)c(Cl)c1)NC(=O)NCc1cccs1. The second-order valence-corrected chi connectivity index (χ2v) is 6.14. The number of halogens is 2. The first-order valence-electron chi connectivity index (χ1n) is 6.33. The highest BCUT2D eigenvalue weighted by Crippen LogP contribution is 2.24. The second kappa shape index (κ2) is 8.03. The molecule has 116 valence electrons. The van der Waals surface area contributed by atoms with E-state index in [1.54, 1.807) is 18.2 Å². The van der Waals surface area contributed by atoms with Gasteiger partial charge in [-0.3, -0.25) is 10.1 Å². The van der Waals surface area contributed by atoms with Crippen LogP contribution in [0.3, 0.4) is 0 Å². The van der Waals surface area contributed by atoms with Crippen molar-refractivity contribution in [3.05, 3.63) is 50.6 Å². The van der Waals surface area contributed by atoms with Crippen LogP contribution in [-0.2, 0) is 11.3 Å². The largest absolute Gasteiger partial charge is 0.376 e. The van der Waals surface area contributed by atoms with Crippen molar-refractivity contribution in [2.45, 2.75) is 6.54 Å². The van der Waals surface area contributed by atoms with E-state index < -0.39 is 11.9 Å². The molecule has 3 amide bonds. The molecule has 1 aromatic heterocycles. The first-order chi connectivity index (χ1) is 10.5. The number of carbonyl (C=O) groups is 2.